The maximum Gasteiger partial charge on any atom is 0.329 e. The lowest BCUT2D eigenvalue weighted by Gasteiger charge is -2.08. The van der Waals surface area contributed by atoms with Crippen LogP contribution in [0, 0.1) is 0 Å². The smallest absolute Gasteiger partial charge is 0.329 e. The van der Waals surface area contributed by atoms with Gasteiger partial charge in [0.2, 0.25) is 0 Å². The number of hydrazone groups is 1. The third-order valence-electron chi connectivity index (χ3n) is 4.52. The molecule has 0 saturated carbocycles. The van der Waals surface area contributed by atoms with Crippen LogP contribution in [0.4, 0.5) is 5.69 Å². The highest BCUT2D eigenvalue weighted by atomic mass is 79.9. The number of anilines is 1. The lowest BCUT2D eigenvalue weighted by molar-refractivity contribution is -0.136. The van der Waals surface area contributed by atoms with Crippen molar-refractivity contribution in [3.8, 4) is 5.75 Å². The SMILES string of the molecule is O=C(COc1ccc(/C=N\NC(=O)C(=O)Nc2ccc(Br)cc2)cc1)NCCc1ccccc1. The zero-order valence-corrected chi connectivity index (χ0v) is 19.7. The van der Waals surface area contributed by atoms with E-state index in [2.05, 4.69) is 37.1 Å². The van der Waals surface area contributed by atoms with Gasteiger partial charge in [-0.3, -0.25) is 14.4 Å². The van der Waals surface area contributed by atoms with Crippen molar-refractivity contribution in [1.29, 1.82) is 0 Å². The zero-order chi connectivity index (χ0) is 24.2. The third-order valence-corrected chi connectivity index (χ3v) is 5.05. The highest BCUT2D eigenvalue weighted by Gasteiger charge is 2.12. The van der Waals surface area contributed by atoms with Gasteiger partial charge < -0.3 is 15.4 Å². The van der Waals surface area contributed by atoms with E-state index in [9.17, 15) is 14.4 Å². The van der Waals surface area contributed by atoms with Crippen LogP contribution in [0.15, 0.2) is 88.4 Å². The summed E-state index contributed by atoms with van der Waals surface area (Å²) in [6.07, 6.45) is 2.15. The van der Waals surface area contributed by atoms with E-state index in [1.807, 2.05) is 30.3 Å². The molecule has 9 heteroatoms. The predicted octanol–water partition coefficient (Wildman–Crippen LogP) is 3.28. The maximum absolute atomic E-state index is 11.9. The number of benzene rings is 3. The maximum atomic E-state index is 11.9. The van der Waals surface area contributed by atoms with Crippen molar-refractivity contribution in [3.05, 3.63) is 94.5 Å². The Bertz CT molecular complexity index is 1130. The van der Waals surface area contributed by atoms with Gasteiger partial charge in [-0.2, -0.15) is 5.10 Å². The number of halogens is 1. The summed E-state index contributed by atoms with van der Waals surface area (Å²) in [6, 6.07) is 23.5. The van der Waals surface area contributed by atoms with Gasteiger partial charge in [0.25, 0.3) is 5.91 Å². The standard InChI is InChI=1S/C25H23BrN4O4/c26-20-8-10-21(11-9-20)29-24(32)25(33)30-28-16-19-6-12-22(13-7-19)34-17-23(31)27-15-14-18-4-2-1-3-5-18/h1-13,16H,14-15,17H2,(H,27,31)(H,29,32)(H,30,33)/b28-16-. The number of rotatable bonds is 9. The van der Waals surface area contributed by atoms with Gasteiger partial charge in [-0.15, -0.1) is 0 Å². The number of carbonyl (C=O) groups is 3. The van der Waals surface area contributed by atoms with Crippen LogP contribution in [0.5, 0.6) is 5.75 Å². The quantitative estimate of drug-likeness (QED) is 0.227. The average Bonchev–Trinajstić information content (AvgIpc) is 2.85. The lowest BCUT2D eigenvalue weighted by atomic mass is 10.1. The van der Waals surface area contributed by atoms with Crippen molar-refractivity contribution in [1.82, 2.24) is 10.7 Å². The average molecular weight is 523 g/mol. The molecule has 0 saturated heterocycles. The number of nitrogens with zero attached hydrogens (tertiary/aromatic N) is 1. The van der Waals surface area contributed by atoms with Crippen molar-refractivity contribution in [2.75, 3.05) is 18.5 Å². The number of nitrogens with one attached hydrogen (secondary N) is 3. The molecule has 0 aliphatic heterocycles. The van der Waals surface area contributed by atoms with Gasteiger partial charge in [-0.25, -0.2) is 5.43 Å². The first kappa shape index (κ1) is 24.7. The molecular weight excluding hydrogens is 500 g/mol. The zero-order valence-electron chi connectivity index (χ0n) is 18.2. The van der Waals surface area contributed by atoms with Gasteiger partial charge in [0.1, 0.15) is 5.75 Å². The molecule has 0 aromatic heterocycles. The summed E-state index contributed by atoms with van der Waals surface area (Å²) in [6.45, 7) is 0.445. The highest BCUT2D eigenvalue weighted by molar-refractivity contribution is 9.10. The van der Waals surface area contributed by atoms with E-state index in [0.29, 0.717) is 23.5 Å². The van der Waals surface area contributed by atoms with Crippen LogP contribution in [-0.2, 0) is 20.8 Å². The van der Waals surface area contributed by atoms with Crippen LogP contribution in [0.25, 0.3) is 0 Å². The molecule has 34 heavy (non-hydrogen) atoms. The molecule has 3 rings (SSSR count). The Kier molecular flexibility index (Phi) is 9.36. The second-order valence-corrected chi connectivity index (χ2v) is 8.02. The summed E-state index contributed by atoms with van der Waals surface area (Å²) >= 11 is 3.30. The molecule has 0 atom stereocenters. The van der Waals surface area contributed by atoms with Crippen LogP contribution < -0.4 is 20.8 Å². The van der Waals surface area contributed by atoms with Crippen LogP contribution >= 0.6 is 15.9 Å². The van der Waals surface area contributed by atoms with Crippen molar-refractivity contribution >= 4 is 45.6 Å². The molecule has 3 N–H and O–H groups in total. The van der Waals surface area contributed by atoms with E-state index in [1.165, 1.54) is 6.21 Å². The molecule has 0 aliphatic carbocycles. The summed E-state index contributed by atoms with van der Waals surface area (Å²) < 4.78 is 6.34. The van der Waals surface area contributed by atoms with E-state index in [0.717, 1.165) is 16.5 Å². The second-order valence-electron chi connectivity index (χ2n) is 7.10. The van der Waals surface area contributed by atoms with Gasteiger partial charge in [0.15, 0.2) is 6.61 Å². The van der Waals surface area contributed by atoms with Gasteiger partial charge >= 0.3 is 11.8 Å². The summed E-state index contributed by atoms with van der Waals surface area (Å²) in [5, 5.41) is 9.08. The van der Waals surface area contributed by atoms with Gasteiger partial charge in [0.05, 0.1) is 6.21 Å². The van der Waals surface area contributed by atoms with E-state index < -0.39 is 11.8 Å². The summed E-state index contributed by atoms with van der Waals surface area (Å²) in [7, 11) is 0. The van der Waals surface area contributed by atoms with E-state index in [-0.39, 0.29) is 12.5 Å². The van der Waals surface area contributed by atoms with Crippen molar-refractivity contribution in [2.45, 2.75) is 6.42 Å². The number of hydrogen-bond acceptors (Lipinski definition) is 5. The Balaban J connectivity index is 1.36. The number of hydrogen-bond donors (Lipinski definition) is 3. The summed E-state index contributed by atoms with van der Waals surface area (Å²) in [4.78, 5) is 35.7. The van der Waals surface area contributed by atoms with Gasteiger partial charge in [-0.05, 0) is 66.1 Å². The Hall–Kier alpha value is -3.98. The fourth-order valence-electron chi connectivity index (χ4n) is 2.78. The molecule has 0 unspecified atom stereocenters. The summed E-state index contributed by atoms with van der Waals surface area (Å²) in [5.41, 5.74) is 4.50. The Labute approximate surface area is 205 Å². The van der Waals surface area contributed by atoms with E-state index >= 15 is 0 Å². The van der Waals surface area contributed by atoms with Crippen LogP contribution in [0.3, 0.4) is 0 Å². The summed E-state index contributed by atoms with van der Waals surface area (Å²) in [5.74, 6) is -1.40. The number of ether oxygens (including phenoxy) is 1. The predicted molar refractivity (Wildman–Crippen MR) is 134 cm³/mol. The molecule has 3 aromatic carbocycles. The topological polar surface area (TPSA) is 109 Å². The lowest BCUT2D eigenvalue weighted by Crippen LogP contribution is -2.32. The number of amides is 3. The monoisotopic (exact) mass is 522 g/mol. The molecule has 0 radical (unpaired) electrons. The van der Waals surface area contributed by atoms with Gasteiger partial charge in [-0.1, -0.05) is 46.3 Å². The minimum absolute atomic E-state index is 0.0915. The Morgan fingerprint density at radius 1 is 0.882 bits per heavy atom. The Morgan fingerprint density at radius 3 is 2.29 bits per heavy atom. The molecule has 3 amide bonds. The van der Waals surface area contributed by atoms with Crippen molar-refractivity contribution in [3.63, 3.8) is 0 Å². The second kappa shape index (κ2) is 12.9. The van der Waals surface area contributed by atoms with Crippen molar-refractivity contribution < 1.29 is 19.1 Å². The molecule has 0 aliphatic rings. The highest BCUT2D eigenvalue weighted by Crippen LogP contribution is 2.14. The normalized spacial score (nSPS) is 10.5. The van der Waals surface area contributed by atoms with Crippen molar-refractivity contribution in [2.24, 2.45) is 5.10 Å². The fraction of sp³-hybridized carbons (Fsp3) is 0.120. The fourth-order valence-corrected chi connectivity index (χ4v) is 3.04. The molecule has 3 aromatic rings. The third kappa shape index (κ3) is 8.51. The molecule has 0 bridgehead atoms. The van der Waals surface area contributed by atoms with Gasteiger partial charge in [0, 0.05) is 16.7 Å². The van der Waals surface area contributed by atoms with E-state index in [1.54, 1.807) is 48.5 Å². The minimum atomic E-state index is -0.891. The van der Waals surface area contributed by atoms with Crippen LogP contribution in [-0.4, -0.2) is 37.1 Å². The largest absolute Gasteiger partial charge is 0.484 e. The van der Waals surface area contributed by atoms with Crippen LogP contribution in [0.1, 0.15) is 11.1 Å². The molecular formula is C25H23BrN4O4. The molecule has 0 fully saturated rings. The molecule has 0 heterocycles. The molecule has 8 nitrogen and oxygen atoms in total. The minimum Gasteiger partial charge on any atom is -0.484 e. The number of carbonyl (C=O) groups excluding carboxylic acids is 3. The van der Waals surface area contributed by atoms with Crippen LogP contribution in [0.2, 0.25) is 0 Å². The first-order valence-corrected chi connectivity index (χ1v) is 11.2. The molecule has 0 spiro atoms. The molecule has 174 valence electrons. The first-order chi connectivity index (χ1) is 16.5. The first-order valence-electron chi connectivity index (χ1n) is 10.4. The van der Waals surface area contributed by atoms with E-state index in [4.69, 9.17) is 4.74 Å². The Morgan fingerprint density at radius 2 is 1.59 bits per heavy atom.